The minimum Gasteiger partial charge on any atom is -0.481 e. The number of nitrogens with zero attached hydrogens (tertiary/aromatic N) is 1. The Labute approximate surface area is 77.2 Å². The molecule has 76 valence electrons. The van der Waals surface area contributed by atoms with Crippen LogP contribution in [0.3, 0.4) is 0 Å². The van der Waals surface area contributed by atoms with Crippen molar-refractivity contribution in [2.45, 2.75) is 12.8 Å². The van der Waals surface area contributed by atoms with E-state index in [4.69, 9.17) is 10.2 Å². The number of carbonyl (C=O) groups is 2. The van der Waals surface area contributed by atoms with Crippen LogP contribution in [0.2, 0.25) is 0 Å². The Morgan fingerprint density at radius 3 is 2.08 bits per heavy atom. The molecule has 0 heterocycles. The number of hydrogen-bond donors (Lipinski definition) is 2. The predicted octanol–water partition coefficient (Wildman–Crippen LogP) is 0.0122. The van der Waals surface area contributed by atoms with Crippen molar-refractivity contribution in [1.82, 2.24) is 0 Å². The number of carboxylic acid groups (broad SMARTS) is 2. The number of rotatable bonds is 6. The summed E-state index contributed by atoms with van der Waals surface area (Å²) in [6.45, 7) is 0.595. The number of hydrogen-bond acceptors (Lipinski definition) is 2. The standard InChI is InChI=1S/C8H15NO4/c1-9(2,6-8(12)13)5-3-4-7(10)11/h3-6H2,1-2H3,(H-,10,11,12,13)/p+1. The van der Waals surface area contributed by atoms with Gasteiger partial charge in [-0.15, -0.1) is 0 Å². The van der Waals surface area contributed by atoms with Gasteiger partial charge in [-0.25, -0.2) is 4.79 Å². The molecule has 0 unspecified atom stereocenters. The van der Waals surface area contributed by atoms with Crippen LogP contribution in [-0.2, 0) is 9.59 Å². The smallest absolute Gasteiger partial charge is 0.359 e. The highest BCUT2D eigenvalue weighted by atomic mass is 16.4. The van der Waals surface area contributed by atoms with E-state index >= 15 is 0 Å². The summed E-state index contributed by atoms with van der Waals surface area (Å²) in [4.78, 5) is 20.6. The zero-order valence-corrected chi connectivity index (χ0v) is 7.99. The molecule has 0 aliphatic heterocycles. The van der Waals surface area contributed by atoms with Gasteiger partial charge < -0.3 is 14.7 Å². The summed E-state index contributed by atoms with van der Waals surface area (Å²) >= 11 is 0. The molecular weight excluding hydrogens is 174 g/mol. The molecule has 0 aliphatic carbocycles. The maximum absolute atomic E-state index is 10.4. The van der Waals surface area contributed by atoms with E-state index in [9.17, 15) is 9.59 Å². The Kier molecular flexibility index (Phi) is 4.40. The van der Waals surface area contributed by atoms with E-state index < -0.39 is 11.9 Å². The fourth-order valence-electron chi connectivity index (χ4n) is 1.10. The first-order valence-electron chi connectivity index (χ1n) is 4.09. The highest BCUT2D eigenvalue weighted by Gasteiger charge is 2.19. The van der Waals surface area contributed by atoms with Gasteiger partial charge in [-0.3, -0.25) is 4.79 Å². The molecule has 0 amide bonds. The van der Waals surface area contributed by atoms with Gasteiger partial charge in [0.05, 0.1) is 27.1 Å². The summed E-state index contributed by atoms with van der Waals surface area (Å²) in [6, 6.07) is 0. The fraction of sp³-hybridized carbons (Fsp3) is 0.750. The maximum Gasteiger partial charge on any atom is 0.359 e. The Morgan fingerprint density at radius 1 is 1.15 bits per heavy atom. The minimum absolute atomic E-state index is 0.0274. The van der Waals surface area contributed by atoms with Gasteiger partial charge in [-0.05, 0) is 0 Å². The van der Waals surface area contributed by atoms with Gasteiger partial charge in [-0.2, -0.15) is 0 Å². The second-order valence-electron chi connectivity index (χ2n) is 3.71. The van der Waals surface area contributed by atoms with Crippen LogP contribution >= 0.6 is 0 Å². The van der Waals surface area contributed by atoms with Gasteiger partial charge in [0.2, 0.25) is 0 Å². The van der Waals surface area contributed by atoms with Crippen molar-refractivity contribution in [1.29, 1.82) is 0 Å². The second-order valence-corrected chi connectivity index (χ2v) is 3.71. The number of aliphatic carboxylic acids is 2. The van der Waals surface area contributed by atoms with Crippen LogP contribution in [0, 0.1) is 0 Å². The largest absolute Gasteiger partial charge is 0.481 e. The zero-order valence-electron chi connectivity index (χ0n) is 7.99. The molecule has 13 heavy (non-hydrogen) atoms. The van der Waals surface area contributed by atoms with Gasteiger partial charge in [0.15, 0.2) is 6.54 Å². The van der Waals surface area contributed by atoms with E-state index in [1.54, 1.807) is 14.1 Å². The van der Waals surface area contributed by atoms with Gasteiger partial charge in [0, 0.05) is 6.42 Å². The lowest BCUT2D eigenvalue weighted by Crippen LogP contribution is -2.44. The first kappa shape index (κ1) is 11.9. The third-order valence-corrected chi connectivity index (χ3v) is 1.72. The summed E-state index contributed by atoms with van der Waals surface area (Å²) in [6.07, 6.45) is 0.608. The Balaban J connectivity index is 3.75. The molecule has 0 saturated carbocycles. The summed E-state index contributed by atoms with van der Waals surface area (Å²) in [5.74, 6) is -1.70. The number of carboxylic acids is 2. The molecule has 0 bridgehead atoms. The molecule has 0 fully saturated rings. The SMILES string of the molecule is C[N+](C)(CCCC(=O)O)CC(=O)O. The van der Waals surface area contributed by atoms with E-state index in [1.165, 1.54) is 0 Å². The Hall–Kier alpha value is -1.10. The van der Waals surface area contributed by atoms with Gasteiger partial charge in [0.25, 0.3) is 0 Å². The maximum atomic E-state index is 10.4. The van der Waals surface area contributed by atoms with Crippen LogP contribution in [0.15, 0.2) is 0 Å². The van der Waals surface area contributed by atoms with Crippen molar-refractivity contribution in [3.63, 3.8) is 0 Å². The molecule has 0 aliphatic rings. The van der Waals surface area contributed by atoms with Crippen molar-refractivity contribution in [3.8, 4) is 0 Å². The minimum atomic E-state index is -0.861. The van der Waals surface area contributed by atoms with Crippen molar-refractivity contribution in [3.05, 3.63) is 0 Å². The molecule has 5 nitrogen and oxygen atoms in total. The molecule has 0 radical (unpaired) electrons. The average Bonchev–Trinajstić information content (AvgIpc) is 1.81. The fourth-order valence-corrected chi connectivity index (χ4v) is 1.10. The number of likely N-dealkylation sites (N-methyl/N-ethyl adjacent to an activating group) is 1. The topological polar surface area (TPSA) is 74.6 Å². The lowest BCUT2D eigenvalue weighted by molar-refractivity contribution is -0.883. The average molecular weight is 190 g/mol. The van der Waals surface area contributed by atoms with Crippen molar-refractivity contribution in [2.24, 2.45) is 0 Å². The first-order chi connectivity index (χ1) is 5.83. The van der Waals surface area contributed by atoms with E-state index in [-0.39, 0.29) is 13.0 Å². The monoisotopic (exact) mass is 190 g/mol. The van der Waals surface area contributed by atoms with E-state index in [2.05, 4.69) is 0 Å². The molecular formula is C8H16NO4+. The van der Waals surface area contributed by atoms with Crippen molar-refractivity contribution >= 4 is 11.9 Å². The van der Waals surface area contributed by atoms with Crippen LogP contribution in [-0.4, -0.2) is 53.8 Å². The first-order valence-corrected chi connectivity index (χ1v) is 4.09. The summed E-state index contributed by atoms with van der Waals surface area (Å²) in [5, 5.41) is 16.9. The van der Waals surface area contributed by atoms with Crippen molar-refractivity contribution in [2.75, 3.05) is 27.2 Å². The highest BCUT2D eigenvalue weighted by Crippen LogP contribution is 2.01. The van der Waals surface area contributed by atoms with Crippen LogP contribution in [0.4, 0.5) is 0 Å². The van der Waals surface area contributed by atoms with Crippen LogP contribution in [0.25, 0.3) is 0 Å². The zero-order chi connectivity index (χ0) is 10.5. The van der Waals surface area contributed by atoms with Crippen LogP contribution in [0.1, 0.15) is 12.8 Å². The van der Waals surface area contributed by atoms with Gasteiger partial charge in [-0.1, -0.05) is 0 Å². The lowest BCUT2D eigenvalue weighted by atomic mass is 10.3. The molecule has 2 N–H and O–H groups in total. The third-order valence-electron chi connectivity index (χ3n) is 1.72. The van der Waals surface area contributed by atoms with Crippen molar-refractivity contribution < 1.29 is 24.3 Å². The van der Waals surface area contributed by atoms with E-state index in [0.717, 1.165) is 0 Å². The summed E-state index contributed by atoms with van der Waals surface area (Å²) in [7, 11) is 3.55. The number of quaternary nitrogens is 1. The predicted molar refractivity (Wildman–Crippen MR) is 46.3 cm³/mol. The van der Waals surface area contributed by atoms with E-state index in [0.29, 0.717) is 17.4 Å². The molecule has 0 atom stereocenters. The molecule has 0 spiro atoms. The van der Waals surface area contributed by atoms with Gasteiger partial charge in [0.1, 0.15) is 0 Å². The lowest BCUT2D eigenvalue weighted by Gasteiger charge is -2.27. The van der Waals surface area contributed by atoms with E-state index in [1.807, 2.05) is 0 Å². The Bertz CT molecular complexity index is 200. The van der Waals surface area contributed by atoms with Crippen LogP contribution < -0.4 is 0 Å². The quantitative estimate of drug-likeness (QED) is 0.579. The molecule has 5 heteroatoms. The summed E-state index contributed by atoms with van der Waals surface area (Å²) < 4.78 is 0.322. The third kappa shape index (κ3) is 7.27. The molecule has 0 aromatic carbocycles. The van der Waals surface area contributed by atoms with Gasteiger partial charge >= 0.3 is 11.9 Å². The summed E-state index contributed by atoms with van der Waals surface area (Å²) in [5.41, 5.74) is 0. The second kappa shape index (κ2) is 4.81. The Morgan fingerprint density at radius 2 is 1.69 bits per heavy atom. The molecule has 0 saturated heterocycles. The molecule has 0 rings (SSSR count). The molecule has 0 aromatic rings. The molecule has 0 aromatic heterocycles. The highest BCUT2D eigenvalue weighted by molar-refractivity contribution is 5.68. The van der Waals surface area contributed by atoms with Crippen LogP contribution in [0.5, 0.6) is 0 Å². The normalized spacial score (nSPS) is 11.2.